The zero-order chi connectivity index (χ0) is 18.4. The Labute approximate surface area is 157 Å². The summed E-state index contributed by atoms with van der Waals surface area (Å²) in [6.07, 6.45) is 3.26. The van der Waals surface area contributed by atoms with Crippen LogP contribution in [-0.2, 0) is 14.3 Å². The van der Waals surface area contributed by atoms with Crippen LogP contribution in [0.25, 0.3) is 0 Å². The van der Waals surface area contributed by atoms with Gasteiger partial charge in [-0.25, -0.2) is 0 Å². The average Bonchev–Trinajstić information content (AvgIpc) is 3.01. The molecule has 2 rings (SSSR count). The molecule has 1 heterocycles. The molecule has 5 nitrogen and oxygen atoms in total. The van der Waals surface area contributed by atoms with Gasteiger partial charge >= 0.3 is 5.97 Å². The molecule has 25 heavy (non-hydrogen) atoms. The number of halogens is 1. The summed E-state index contributed by atoms with van der Waals surface area (Å²) in [5, 5.41) is 2.95. The molecule has 1 N–H and O–H groups in total. The molecule has 0 unspecified atom stereocenters. The first-order chi connectivity index (χ1) is 11.9. The second-order valence-corrected chi connectivity index (χ2v) is 8.34. The van der Waals surface area contributed by atoms with E-state index in [0.29, 0.717) is 21.0 Å². The van der Waals surface area contributed by atoms with Crippen LogP contribution >= 0.6 is 22.9 Å². The second kappa shape index (κ2) is 9.34. The van der Waals surface area contributed by atoms with Crippen molar-refractivity contribution >= 4 is 40.6 Å². The predicted octanol–water partition coefficient (Wildman–Crippen LogP) is 3.85. The topological polar surface area (TPSA) is 72.5 Å². The number of carbonyl (C=O) groups excluding carboxylic acids is 3. The number of ketones is 1. The Kier molecular flexibility index (Phi) is 7.44. The molecule has 0 aromatic carbocycles. The third-order valence-electron chi connectivity index (χ3n) is 4.82. The Morgan fingerprint density at radius 2 is 2.00 bits per heavy atom. The monoisotopic (exact) mass is 385 g/mol. The lowest BCUT2D eigenvalue weighted by molar-refractivity contribution is -0.148. The van der Waals surface area contributed by atoms with Gasteiger partial charge in [-0.3, -0.25) is 14.4 Å². The summed E-state index contributed by atoms with van der Waals surface area (Å²) in [5.74, 6) is 0.0252. The third kappa shape index (κ3) is 6.12. The molecular formula is C18H24ClNO4S. The van der Waals surface area contributed by atoms with Crippen molar-refractivity contribution in [3.8, 4) is 0 Å². The fraction of sp³-hybridized carbons (Fsp3) is 0.611. The van der Waals surface area contributed by atoms with Gasteiger partial charge in [0.25, 0.3) is 5.91 Å². The van der Waals surface area contributed by atoms with E-state index in [2.05, 4.69) is 19.2 Å². The number of Topliss-reactive ketones (excluding diaryl/α,β-unsaturated/α-hetero) is 1. The highest BCUT2D eigenvalue weighted by Gasteiger charge is 2.28. The number of amides is 1. The zero-order valence-corrected chi connectivity index (χ0v) is 16.1. The van der Waals surface area contributed by atoms with E-state index in [1.807, 2.05) is 0 Å². The third-order valence-corrected chi connectivity index (χ3v) is 6.09. The van der Waals surface area contributed by atoms with Gasteiger partial charge in [0.1, 0.15) is 0 Å². The van der Waals surface area contributed by atoms with Crippen molar-refractivity contribution in [1.29, 1.82) is 0 Å². The van der Waals surface area contributed by atoms with Crippen molar-refractivity contribution in [2.45, 2.75) is 52.0 Å². The van der Waals surface area contributed by atoms with E-state index in [1.165, 1.54) is 17.8 Å². The molecule has 3 atom stereocenters. The predicted molar refractivity (Wildman–Crippen MR) is 98.0 cm³/mol. The van der Waals surface area contributed by atoms with Crippen LogP contribution < -0.4 is 5.32 Å². The fourth-order valence-corrected chi connectivity index (χ4v) is 4.07. The lowest BCUT2D eigenvalue weighted by Crippen LogP contribution is -2.45. The van der Waals surface area contributed by atoms with E-state index < -0.39 is 5.97 Å². The van der Waals surface area contributed by atoms with Crippen LogP contribution in [0.5, 0.6) is 0 Å². The van der Waals surface area contributed by atoms with Crippen LogP contribution in [0, 0.1) is 11.8 Å². The maximum absolute atomic E-state index is 12.0. The van der Waals surface area contributed by atoms with Crippen molar-refractivity contribution < 1.29 is 19.1 Å². The van der Waals surface area contributed by atoms with Crippen molar-refractivity contribution in [3.63, 3.8) is 0 Å². The number of hydrogen-bond donors (Lipinski definition) is 1. The van der Waals surface area contributed by atoms with E-state index in [-0.39, 0.29) is 37.2 Å². The molecule has 7 heteroatoms. The molecule has 1 aliphatic rings. The highest BCUT2D eigenvalue weighted by atomic mass is 35.5. The van der Waals surface area contributed by atoms with Crippen LogP contribution in [0.4, 0.5) is 0 Å². The molecule has 0 spiro atoms. The molecule has 1 fully saturated rings. The Balaban J connectivity index is 1.67. The molecular weight excluding hydrogens is 362 g/mol. The highest BCUT2D eigenvalue weighted by Crippen LogP contribution is 2.29. The lowest BCUT2D eigenvalue weighted by atomic mass is 9.78. The largest absolute Gasteiger partial charge is 0.456 e. The van der Waals surface area contributed by atoms with Crippen molar-refractivity contribution in [2.75, 3.05) is 6.61 Å². The van der Waals surface area contributed by atoms with Gasteiger partial charge in [0.05, 0.1) is 15.6 Å². The summed E-state index contributed by atoms with van der Waals surface area (Å²) >= 11 is 6.97. The Bertz CT molecular complexity index is 630. The van der Waals surface area contributed by atoms with Crippen LogP contribution in [0.15, 0.2) is 12.1 Å². The molecule has 1 aliphatic carbocycles. The summed E-state index contributed by atoms with van der Waals surface area (Å²) in [4.78, 5) is 36.1. The lowest BCUT2D eigenvalue weighted by Gasteiger charge is -2.34. The first kappa shape index (κ1) is 19.9. The number of esters is 1. The molecule has 1 aromatic rings. The Morgan fingerprint density at radius 1 is 1.24 bits per heavy atom. The number of rotatable bonds is 7. The quantitative estimate of drug-likeness (QED) is 0.571. The number of nitrogens with one attached hydrogen (secondary N) is 1. The first-order valence-electron chi connectivity index (χ1n) is 8.60. The number of ether oxygens (including phenoxy) is 1. The van der Waals surface area contributed by atoms with E-state index in [0.717, 1.165) is 12.8 Å². The summed E-state index contributed by atoms with van der Waals surface area (Å²) in [6.45, 7) is 4.04. The normalized spacial score (nSPS) is 23.1. The molecule has 138 valence electrons. The summed E-state index contributed by atoms with van der Waals surface area (Å²) in [5.41, 5.74) is 0. The molecule has 1 amide bonds. The van der Waals surface area contributed by atoms with Crippen LogP contribution in [0.2, 0.25) is 4.34 Å². The maximum Gasteiger partial charge on any atom is 0.306 e. The van der Waals surface area contributed by atoms with E-state index in [4.69, 9.17) is 16.3 Å². The van der Waals surface area contributed by atoms with Gasteiger partial charge in [-0.2, -0.15) is 0 Å². The zero-order valence-electron chi connectivity index (χ0n) is 14.5. The standard InChI is InChI=1S/C18H24ClNO4S/c1-11-4-3-5-13(12(11)2)20-17(22)10-24-18(23)9-6-14(21)15-7-8-16(19)25-15/h7-8,11-13H,3-6,9-10H2,1-2H3,(H,20,22)/t11-,12+,13-/m0/s1. The number of carbonyl (C=O) groups is 3. The minimum absolute atomic E-state index is 0.0432. The fourth-order valence-electron chi connectivity index (χ4n) is 3.06. The van der Waals surface area contributed by atoms with Gasteiger partial charge in [-0.05, 0) is 30.4 Å². The molecule has 0 bridgehead atoms. The van der Waals surface area contributed by atoms with E-state index in [1.54, 1.807) is 12.1 Å². The minimum Gasteiger partial charge on any atom is -0.456 e. The Hall–Kier alpha value is -1.40. The van der Waals surface area contributed by atoms with Crippen LogP contribution in [0.1, 0.15) is 55.6 Å². The molecule has 1 saturated carbocycles. The SMILES string of the molecule is C[C@H]1[C@@H](NC(=O)COC(=O)CCC(=O)c2ccc(Cl)s2)CCC[C@@H]1C. The van der Waals surface area contributed by atoms with Gasteiger partial charge in [-0.1, -0.05) is 38.3 Å². The van der Waals surface area contributed by atoms with Gasteiger partial charge in [0, 0.05) is 12.5 Å². The molecule has 1 aromatic heterocycles. The second-order valence-electron chi connectivity index (χ2n) is 6.63. The van der Waals surface area contributed by atoms with E-state index >= 15 is 0 Å². The van der Waals surface area contributed by atoms with Gasteiger partial charge < -0.3 is 10.1 Å². The molecule has 0 radical (unpaired) electrons. The summed E-state index contributed by atoms with van der Waals surface area (Å²) in [6, 6.07) is 3.43. The van der Waals surface area contributed by atoms with Gasteiger partial charge in [0.15, 0.2) is 12.4 Å². The Morgan fingerprint density at radius 3 is 2.68 bits per heavy atom. The smallest absolute Gasteiger partial charge is 0.306 e. The summed E-state index contributed by atoms with van der Waals surface area (Å²) in [7, 11) is 0. The van der Waals surface area contributed by atoms with Crippen molar-refractivity contribution in [2.24, 2.45) is 11.8 Å². The van der Waals surface area contributed by atoms with Crippen LogP contribution in [0.3, 0.4) is 0 Å². The summed E-state index contributed by atoms with van der Waals surface area (Å²) < 4.78 is 5.51. The van der Waals surface area contributed by atoms with Gasteiger partial charge in [0.2, 0.25) is 0 Å². The molecule has 0 saturated heterocycles. The minimum atomic E-state index is -0.545. The van der Waals surface area contributed by atoms with Crippen molar-refractivity contribution in [3.05, 3.63) is 21.3 Å². The highest BCUT2D eigenvalue weighted by molar-refractivity contribution is 7.18. The number of thiophene rings is 1. The van der Waals surface area contributed by atoms with Crippen LogP contribution in [-0.4, -0.2) is 30.3 Å². The number of hydrogen-bond acceptors (Lipinski definition) is 5. The average molecular weight is 386 g/mol. The first-order valence-corrected chi connectivity index (χ1v) is 9.79. The van der Waals surface area contributed by atoms with Crippen molar-refractivity contribution in [1.82, 2.24) is 5.32 Å². The maximum atomic E-state index is 12.0. The molecule has 0 aliphatic heterocycles. The van der Waals surface area contributed by atoms with Gasteiger partial charge in [-0.15, -0.1) is 11.3 Å². The van der Waals surface area contributed by atoms with E-state index in [9.17, 15) is 14.4 Å².